The Kier molecular flexibility index (Phi) is 5.40. The predicted octanol–water partition coefficient (Wildman–Crippen LogP) is 5.61. The van der Waals surface area contributed by atoms with Gasteiger partial charge in [0, 0.05) is 11.1 Å². The molecule has 0 saturated carbocycles. The maximum atomic E-state index is 12.1. The quantitative estimate of drug-likeness (QED) is 0.748. The highest BCUT2D eigenvalue weighted by atomic mass is 35.5. The number of carbonyl (C=O) groups excluding carboxylic acids is 1. The molecule has 2 aromatic rings. The molecule has 0 aliphatic rings. The highest BCUT2D eigenvalue weighted by Crippen LogP contribution is 2.32. The molecule has 0 unspecified atom stereocenters. The fraction of sp³-hybridized carbons (Fsp3) is 0.133. The van der Waals surface area contributed by atoms with Gasteiger partial charge in [-0.1, -0.05) is 40.9 Å². The lowest BCUT2D eigenvalue weighted by Crippen LogP contribution is -2.20. The van der Waals surface area contributed by atoms with E-state index in [1.165, 1.54) is 7.11 Å². The fourth-order valence-electron chi connectivity index (χ4n) is 1.81. The van der Waals surface area contributed by atoms with E-state index in [1.807, 2.05) is 6.92 Å². The molecule has 2 rings (SSSR count). The van der Waals surface area contributed by atoms with Crippen LogP contribution in [-0.4, -0.2) is 13.1 Å². The van der Waals surface area contributed by atoms with E-state index in [0.29, 0.717) is 32.2 Å². The van der Waals surface area contributed by atoms with Gasteiger partial charge in [-0.15, -0.1) is 0 Å². The smallest absolute Gasteiger partial charge is 0.323 e. The Morgan fingerprint density at radius 2 is 1.68 bits per heavy atom. The van der Waals surface area contributed by atoms with Gasteiger partial charge in [0.05, 0.1) is 28.5 Å². The monoisotopic (exact) mass is 358 g/mol. The van der Waals surface area contributed by atoms with Gasteiger partial charge in [0.1, 0.15) is 5.75 Å². The van der Waals surface area contributed by atoms with Gasteiger partial charge >= 0.3 is 6.03 Å². The van der Waals surface area contributed by atoms with Gasteiger partial charge in [-0.2, -0.15) is 0 Å². The van der Waals surface area contributed by atoms with Gasteiger partial charge < -0.3 is 15.4 Å². The summed E-state index contributed by atoms with van der Waals surface area (Å²) in [6.07, 6.45) is 0. The van der Waals surface area contributed by atoms with E-state index in [-0.39, 0.29) is 0 Å². The van der Waals surface area contributed by atoms with Crippen LogP contribution in [0.25, 0.3) is 0 Å². The van der Waals surface area contributed by atoms with E-state index in [9.17, 15) is 4.79 Å². The van der Waals surface area contributed by atoms with Crippen molar-refractivity contribution in [2.24, 2.45) is 0 Å². The number of benzene rings is 2. The average Bonchev–Trinajstić information content (AvgIpc) is 2.46. The van der Waals surface area contributed by atoms with Gasteiger partial charge in [-0.25, -0.2) is 4.79 Å². The Hall–Kier alpha value is -1.62. The number of para-hydroxylation sites is 1. The minimum absolute atomic E-state index is 0.341. The van der Waals surface area contributed by atoms with Crippen LogP contribution in [0.2, 0.25) is 15.1 Å². The largest absolute Gasteiger partial charge is 0.495 e. The molecule has 22 heavy (non-hydrogen) atoms. The van der Waals surface area contributed by atoms with Crippen molar-refractivity contribution in [1.82, 2.24) is 0 Å². The Bertz CT molecular complexity index is 700. The first-order chi connectivity index (χ1) is 10.4. The number of nitrogens with one attached hydrogen (secondary N) is 2. The molecule has 0 atom stereocenters. The maximum Gasteiger partial charge on any atom is 0.323 e. The van der Waals surface area contributed by atoms with Gasteiger partial charge in [0.25, 0.3) is 0 Å². The number of carbonyl (C=O) groups is 1. The first-order valence-corrected chi connectivity index (χ1v) is 7.42. The molecule has 0 heterocycles. The topological polar surface area (TPSA) is 50.4 Å². The van der Waals surface area contributed by atoms with Crippen molar-refractivity contribution in [2.45, 2.75) is 6.92 Å². The summed E-state index contributed by atoms with van der Waals surface area (Å²) in [6.45, 7) is 1.83. The normalized spacial score (nSPS) is 10.2. The van der Waals surface area contributed by atoms with Gasteiger partial charge in [0.2, 0.25) is 0 Å². The number of rotatable bonds is 3. The van der Waals surface area contributed by atoms with Crippen molar-refractivity contribution in [1.29, 1.82) is 0 Å². The molecule has 0 radical (unpaired) electrons. The summed E-state index contributed by atoms with van der Waals surface area (Å²) in [5.41, 5.74) is 1.65. The van der Waals surface area contributed by atoms with E-state index in [2.05, 4.69) is 10.6 Å². The minimum Gasteiger partial charge on any atom is -0.495 e. The first kappa shape index (κ1) is 16.7. The van der Waals surface area contributed by atoms with E-state index < -0.39 is 6.03 Å². The number of hydrogen-bond acceptors (Lipinski definition) is 2. The number of urea groups is 1. The summed E-state index contributed by atoms with van der Waals surface area (Å²) in [7, 11) is 1.50. The van der Waals surface area contributed by atoms with Crippen LogP contribution in [0.3, 0.4) is 0 Å². The second-order valence-corrected chi connectivity index (χ2v) is 5.70. The summed E-state index contributed by atoms with van der Waals surface area (Å²) >= 11 is 18.1. The van der Waals surface area contributed by atoms with E-state index >= 15 is 0 Å². The van der Waals surface area contributed by atoms with Crippen molar-refractivity contribution in [3.05, 3.63) is 51.0 Å². The standard InChI is InChI=1S/C15H13Cl3N2O2/c1-8-6-12(13(22-2)7-11(8)18)19-15(21)20-14-9(16)4-3-5-10(14)17/h3-7H,1-2H3,(H2,19,20,21). The number of aryl methyl sites for hydroxylation is 1. The maximum absolute atomic E-state index is 12.1. The predicted molar refractivity (Wildman–Crippen MR) is 91.8 cm³/mol. The summed E-state index contributed by atoms with van der Waals surface area (Å²) in [5, 5.41) is 6.54. The van der Waals surface area contributed by atoms with Crippen LogP contribution in [0.1, 0.15) is 5.56 Å². The molecule has 0 aliphatic carbocycles. The molecular weight excluding hydrogens is 347 g/mol. The molecule has 0 aliphatic heterocycles. The highest BCUT2D eigenvalue weighted by Gasteiger charge is 2.13. The summed E-state index contributed by atoms with van der Waals surface area (Å²) in [6, 6.07) is 7.82. The molecule has 2 amide bonds. The lowest BCUT2D eigenvalue weighted by molar-refractivity contribution is 0.262. The molecule has 116 valence electrons. The molecular formula is C15H13Cl3N2O2. The van der Waals surface area contributed by atoms with Gasteiger partial charge in [-0.05, 0) is 30.7 Å². The third-order valence-electron chi connectivity index (χ3n) is 2.93. The number of anilines is 2. The number of methoxy groups -OCH3 is 1. The Labute approximate surface area is 143 Å². The second kappa shape index (κ2) is 7.09. The van der Waals surface area contributed by atoms with E-state index in [1.54, 1.807) is 30.3 Å². The molecule has 4 nitrogen and oxygen atoms in total. The molecule has 0 bridgehead atoms. The SMILES string of the molecule is COc1cc(Cl)c(C)cc1NC(=O)Nc1c(Cl)cccc1Cl. The van der Waals surface area contributed by atoms with Crippen LogP contribution in [-0.2, 0) is 0 Å². The molecule has 2 aromatic carbocycles. The van der Waals surface area contributed by atoms with Crippen LogP contribution in [0.15, 0.2) is 30.3 Å². The molecule has 7 heteroatoms. The van der Waals surface area contributed by atoms with Crippen molar-refractivity contribution in [3.63, 3.8) is 0 Å². The van der Waals surface area contributed by atoms with Crippen LogP contribution in [0, 0.1) is 6.92 Å². The van der Waals surface area contributed by atoms with Crippen molar-refractivity contribution >= 4 is 52.2 Å². The molecule has 0 aromatic heterocycles. The van der Waals surface area contributed by atoms with Crippen LogP contribution < -0.4 is 15.4 Å². The lowest BCUT2D eigenvalue weighted by atomic mass is 10.2. The minimum atomic E-state index is -0.491. The average molecular weight is 360 g/mol. The van der Waals surface area contributed by atoms with Crippen molar-refractivity contribution in [2.75, 3.05) is 17.7 Å². The number of amides is 2. The Balaban J connectivity index is 2.21. The van der Waals surface area contributed by atoms with E-state index in [4.69, 9.17) is 39.5 Å². The first-order valence-electron chi connectivity index (χ1n) is 6.28. The molecule has 0 fully saturated rings. The van der Waals surface area contributed by atoms with Gasteiger partial charge in [-0.3, -0.25) is 0 Å². The van der Waals surface area contributed by atoms with Crippen LogP contribution in [0.4, 0.5) is 16.2 Å². The number of halogens is 3. The molecule has 0 saturated heterocycles. The second-order valence-electron chi connectivity index (χ2n) is 4.48. The van der Waals surface area contributed by atoms with Crippen LogP contribution >= 0.6 is 34.8 Å². The molecule has 2 N–H and O–H groups in total. The number of hydrogen-bond donors (Lipinski definition) is 2. The third kappa shape index (κ3) is 3.77. The summed E-state index contributed by atoms with van der Waals surface area (Å²) in [4.78, 5) is 12.1. The fourth-order valence-corrected chi connectivity index (χ4v) is 2.46. The van der Waals surface area contributed by atoms with E-state index in [0.717, 1.165) is 5.56 Å². The van der Waals surface area contributed by atoms with Crippen LogP contribution in [0.5, 0.6) is 5.75 Å². The molecule has 0 spiro atoms. The summed E-state index contributed by atoms with van der Waals surface area (Å²) in [5.74, 6) is 0.455. The Morgan fingerprint density at radius 3 is 2.27 bits per heavy atom. The van der Waals surface area contributed by atoms with Crippen molar-refractivity contribution < 1.29 is 9.53 Å². The number of ether oxygens (including phenoxy) is 1. The van der Waals surface area contributed by atoms with Crippen molar-refractivity contribution in [3.8, 4) is 5.75 Å². The zero-order chi connectivity index (χ0) is 16.3. The zero-order valence-corrected chi connectivity index (χ0v) is 14.1. The lowest BCUT2D eigenvalue weighted by Gasteiger charge is -2.14. The Morgan fingerprint density at radius 1 is 1.05 bits per heavy atom. The van der Waals surface area contributed by atoms with Gasteiger partial charge in [0.15, 0.2) is 0 Å². The summed E-state index contributed by atoms with van der Waals surface area (Å²) < 4.78 is 5.20. The zero-order valence-electron chi connectivity index (χ0n) is 11.8. The third-order valence-corrected chi connectivity index (χ3v) is 3.97. The highest BCUT2D eigenvalue weighted by molar-refractivity contribution is 6.39.